The molecular formula is C15H24N2O2. The van der Waals surface area contributed by atoms with Gasteiger partial charge >= 0.3 is 0 Å². The minimum absolute atomic E-state index is 0.0110. The van der Waals surface area contributed by atoms with E-state index in [4.69, 9.17) is 4.74 Å². The summed E-state index contributed by atoms with van der Waals surface area (Å²) in [5.74, 6) is 0.776. The molecule has 0 spiro atoms. The molecule has 0 saturated carbocycles. The molecule has 1 saturated heterocycles. The number of hydrogen-bond acceptors (Lipinski definition) is 4. The fourth-order valence-electron chi connectivity index (χ4n) is 2.49. The van der Waals surface area contributed by atoms with Crippen molar-refractivity contribution in [3.63, 3.8) is 0 Å². The fourth-order valence-corrected chi connectivity index (χ4v) is 2.49. The second-order valence-corrected chi connectivity index (χ2v) is 4.94. The van der Waals surface area contributed by atoms with Gasteiger partial charge in [-0.05, 0) is 57.5 Å². The van der Waals surface area contributed by atoms with Gasteiger partial charge in [-0.3, -0.25) is 0 Å². The van der Waals surface area contributed by atoms with Gasteiger partial charge in [-0.1, -0.05) is 0 Å². The van der Waals surface area contributed by atoms with E-state index >= 15 is 0 Å². The molecule has 2 rings (SSSR count). The highest BCUT2D eigenvalue weighted by atomic mass is 16.5. The number of aliphatic hydroxyl groups excluding tert-OH is 1. The number of rotatable bonds is 5. The Balaban J connectivity index is 2.03. The van der Waals surface area contributed by atoms with Gasteiger partial charge in [0.15, 0.2) is 0 Å². The standard InChI is InChI=1S/C15H24N2O2/c1-2-19-15-6-5-14(10-12(15)11-18)17-13-4-3-8-16-9-7-13/h5-6,10,13,16-18H,2-4,7-9,11H2,1H3. The van der Waals surface area contributed by atoms with Crippen molar-refractivity contribution in [2.24, 2.45) is 0 Å². The number of hydrogen-bond donors (Lipinski definition) is 3. The van der Waals surface area contributed by atoms with Crippen molar-refractivity contribution < 1.29 is 9.84 Å². The van der Waals surface area contributed by atoms with Crippen molar-refractivity contribution in [1.29, 1.82) is 0 Å². The van der Waals surface area contributed by atoms with Crippen molar-refractivity contribution >= 4 is 5.69 Å². The lowest BCUT2D eigenvalue weighted by Gasteiger charge is -2.18. The summed E-state index contributed by atoms with van der Waals surface area (Å²) in [5, 5.41) is 16.4. The first-order chi connectivity index (χ1) is 9.33. The van der Waals surface area contributed by atoms with Crippen LogP contribution in [0.1, 0.15) is 31.7 Å². The molecule has 1 fully saturated rings. The number of ether oxygens (including phenoxy) is 1. The quantitative estimate of drug-likeness (QED) is 0.762. The van der Waals surface area contributed by atoms with E-state index in [1.54, 1.807) is 0 Å². The number of benzene rings is 1. The van der Waals surface area contributed by atoms with E-state index in [9.17, 15) is 5.11 Å². The first-order valence-corrected chi connectivity index (χ1v) is 7.17. The van der Waals surface area contributed by atoms with Gasteiger partial charge in [0.2, 0.25) is 0 Å². The van der Waals surface area contributed by atoms with Crippen LogP contribution in [0.5, 0.6) is 5.75 Å². The summed E-state index contributed by atoms with van der Waals surface area (Å²) in [6.45, 7) is 4.77. The fraction of sp³-hybridized carbons (Fsp3) is 0.600. The Labute approximate surface area is 115 Å². The Morgan fingerprint density at radius 2 is 2.26 bits per heavy atom. The van der Waals surface area contributed by atoms with E-state index < -0.39 is 0 Å². The highest BCUT2D eigenvalue weighted by Crippen LogP contribution is 2.24. The van der Waals surface area contributed by atoms with Gasteiger partial charge in [0.25, 0.3) is 0 Å². The van der Waals surface area contributed by atoms with Gasteiger partial charge in [0.05, 0.1) is 13.2 Å². The van der Waals surface area contributed by atoms with Gasteiger partial charge in [-0.15, -0.1) is 0 Å². The summed E-state index contributed by atoms with van der Waals surface area (Å²) in [4.78, 5) is 0. The van der Waals surface area contributed by atoms with E-state index in [2.05, 4.69) is 10.6 Å². The highest BCUT2D eigenvalue weighted by Gasteiger charge is 2.12. The molecule has 0 aromatic heterocycles. The van der Waals surface area contributed by atoms with Crippen molar-refractivity contribution in [2.75, 3.05) is 25.0 Å². The molecule has 1 unspecified atom stereocenters. The molecule has 0 radical (unpaired) electrons. The largest absolute Gasteiger partial charge is 0.494 e. The molecule has 4 nitrogen and oxygen atoms in total. The predicted molar refractivity (Wildman–Crippen MR) is 77.7 cm³/mol. The van der Waals surface area contributed by atoms with Crippen LogP contribution in [0.15, 0.2) is 18.2 Å². The average molecular weight is 264 g/mol. The molecule has 1 aromatic rings. The summed E-state index contributed by atoms with van der Waals surface area (Å²) in [5.41, 5.74) is 1.91. The SMILES string of the molecule is CCOc1ccc(NC2CCCNCC2)cc1CO. The molecule has 106 valence electrons. The van der Waals surface area contributed by atoms with Crippen LogP contribution in [0.2, 0.25) is 0 Å². The maximum Gasteiger partial charge on any atom is 0.124 e. The molecule has 1 heterocycles. The lowest BCUT2D eigenvalue weighted by molar-refractivity contribution is 0.267. The lowest BCUT2D eigenvalue weighted by Crippen LogP contribution is -2.21. The van der Waals surface area contributed by atoms with E-state index in [-0.39, 0.29) is 6.61 Å². The number of aliphatic hydroxyl groups is 1. The van der Waals surface area contributed by atoms with Crippen LogP contribution >= 0.6 is 0 Å². The second kappa shape index (κ2) is 7.36. The third-order valence-corrected chi connectivity index (χ3v) is 3.48. The molecule has 3 N–H and O–H groups in total. The average Bonchev–Trinajstić information content (AvgIpc) is 2.69. The molecule has 1 aromatic carbocycles. The summed E-state index contributed by atoms with van der Waals surface area (Å²) in [6, 6.07) is 6.47. The Morgan fingerprint density at radius 3 is 3.05 bits per heavy atom. The van der Waals surface area contributed by atoms with Crippen LogP contribution in [-0.2, 0) is 6.61 Å². The van der Waals surface area contributed by atoms with Crippen molar-refractivity contribution in [3.8, 4) is 5.75 Å². The maximum atomic E-state index is 9.40. The minimum Gasteiger partial charge on any atom is -0.494 e. The topological polar surface area (TPSA) is 53.5 Å². The first-order valence-electron chi connectivity index (χ1n) is 7.17. The number of anilines is 1. The zero-order valence-corrected chi connectivity index (χ0v) is 11.6. The van der Waals surface area contributed by atoms with Crippen LogP contribution in [0.3, 0.4) is 0 Å². The van der Waals surface area contributed by atoms with Crippen molar-refractivity contribution in [1.82, 2.24) is 5.32 Å². The van der Waals surface area contributed by atoms with Crippen molar-refractivity contribution in [3.05, 3.63) is 23.8 Å². The summed E-state index contributed by atoms with van der Waals surface area (Å²) < 4.78 is 5.50. The maximum absolute atomic E-state index is 9.40. The second-order valence-electron chi connectivity index (χ2n) is 4.94. The summed E-state index contributed by atoms with van der Waals surface area (Å²) in [7, 11) is 0. The third-order valence-electron chi connectivity index (χ3n) is 3.48. The molecule has 1 atom stereocenters. The first kappa shape index (κ1) is 14.2. The van der Waals surface area contributed by atoms with E-state index in [0.717, 1.165) is 36.5 Å². The Hall–Kier alpha value is -1.26. The molecule has 4 heteroatoms. The Kier molecular flexibility index (Phi) is 5.48. The molecule has 1 aliphatic heterocycles. The minimum atomic E-state index is 0.0110. The molecule has 1 aliphatic rings. The summed E-state index contributed by atoms with van der Waals surface area (Å²) >= 11 is 0. The van der Waals surface area contributed by atoms with Crippen LogP contribution in [-0.4, -0.2) is 30.8 Å². The molecule has 19 heavy (non-hydrogen) atoms. The van der Waals surface area contributed by atoms with Crippen LogP contribution in [0, 0.1) is 0 Å². The highest BCUT2D eigenvalue weighted by molar-refractivity contribution is 5.51. The van der Waals surface area contributed by atoms with Crippen LogP contribution < -0.4 is 15.4 Å². The molecular weight excluding hydrogens is 240 g/mol. The Morgan fingerprint density at radius 1 is 1.37 bits per heavy atom. The van der Waals surface area contributed by atoms with Gasteiger partial charge in [-0.25, -0.2) is 0 Å². The predicted octanol–water partition coefficient (Wildman–Crippen LogP) is 2.13. The van der Waals surface area contributed by atoms with Crippen molar-refractivity contribution in [2.45, 2.75) is 38.8 Å². The zero-order chi connectivity index (χ0) is 13.5. The lowest BCUT2D eigenvalue weighted by atomic mass is 10.1. The van der Waals surface area contributed by atoms with Gasteiger partial charge in [0, 0.05) is 17.3 Å². The van der Waals surface area contributed by atoms with Crippen LogP contribution in [0.25, 0.3) is 0 Å². The molecule has 0 aliphatic carbocycles. The van der Waals surface area contributed by atoms with Gasteiger partial charge < -0.3 is 20.5 Å². The van der Waals surface area contributed by atoms with E-state index in [1.807, 2.05) is 25.1 Å². The normalized spacial score (nSPS) is 19.8. The molecule has 0 amide bonds. The van der Waals surface area contributed by atoms with E-state index in [0.29, 0.717) is 12.6 Å². The third kappa shape index (κ3) is 4.11. The van der Waals surface area contributed by atoms with Crippen LogP contribution in [0.4, 0.5) is 5.69 Å². The summed E-state index contributed by atoms with van der Waals surface area (Å²) in [6.07, 6.45) is 3.54. The monoisotopic (exact) mass is 264 g/mol. The van der Waals surface area contributed by atoms with E-state index in [1.165, 1.54) is 12.8 Å². The smallest absolute Gasteiger partial charge is 0.124 e. The molecule has 0 bridgehead atoms. The van der Waals surface area contributed by atoms with Gasteiger partial charge in [0.1, 0.15) is 5.75 Å². The number of nitrogens with one attached hydrogen (secondary N) is 2. The zero-order valence-electron chi connectivity index (χ0n) is 11.6. The van der Waals surface area contributed by atoms with Gasteiger partial charge in [-0.2, -0.15) is 0 Å². The Bertz CT molecular complexity index is 388.